The van der Waals surface area contributed by atoms with Crippen molar-refractivity contribution < 1.29 is 14.7 Å². The second-order valence-corrected chi connectivity index (χ2v) is 7.19. The number of carbonyl (C=O) groups excluding carboxylic acids is 1. The molecule has 144 valence electrons. The molecule has 0 atom stereocenters. The van der Waals surface area contributed by atoms with Gasteiger partial charge < -0.3 is 15.3 Å². The molecule has 0 radical (unpaired) electrons. The van der Waals surface area contributed by atoms with Gasteiger partial charge in [0.2, 0.25) is 0 Å². The van der Waals surface area contributed by atoms with E-state index in [0.29, 0.717) is 29.3 Å². The Morgan fingerprint density at radius 2 is 2.07 bits per heavy atom. The second kappa shape index (κ2) is 8.57. The van der Waals surface area contributed by atoms with Gasteiger partial charge in [-0.2, -0.15) is 0 Å². The van der Waals surface area contributed by atoms with Crippen LogP contribution in [0, 0.1) is 12.5 Å². The largest absolute Gasteiger partial charge is 0.478 e. The molecule has 1 amide bonds. The first-order chi connectivity index (χ1) is 13.5. The monoisotopic (exact) mass is 377 g/mol. The fourth-order valence-corrected chi connectivity index (χ4v) is 3.39. The molecule has 2 aliphatic rings. The van der Waals surface area contributed by atoms with Gasteiger partial charge in [-0.3, -0.25) is 4.79 Å². The zero-order valence-corrected chi connectivity index (χ0v) is 15.8. The first-order valence-electron chi connectivity index (χ1n) is 9.36. The number of allylic oxidation sites excluding steroid dienone is 2. The van der Waals surface area contributed by atoms with Crippen molar-refractivity contribution in [1.29, 1.82) is 0 Å². The average molecular weight is 377 g/mol. The van der Waals surface area contributed by atoms with Gasteiger partial charge in [0.25, 0.3) is 5.91 Å². The van der Waals surface area contributed by atoms with Gasteiger partial charge in [0.05, 0.1) is 17.9 Å². The first-order valence-corrected chi connectivity index (χ1v) is 9.36. The van der Waals surface area contributed by atoms with Crippen molar-refractivity contribution in [2.75, 3.05) is 23.3 Å². The van der Waals surface area contributed by atoms with Crippen molar-refractivity contribution in [3.05, 3.63) is 64.7 Å². The molecular weight excluding hydrogens is 354 g/mol. The van der Waals surface area contributed by atoms with E-state index < -0.39 is 5.97 Å². The molecule has 0 spiro atoms. The third-order valence-electron chi connectivity index (χ3n) is 5.09. The summed E-state index contributed by atoms with van der Waals surface area (Å²) >= 11 is 0. The summed E-state index contributed by atoms with van der Waals surface area (Å²) in [6.07, 6.45) is 8.63. The maximum atomic E-state index is 12.6. The number of piperidine rings is 1. The van der Waals surface area contributed by atoms with Crippen molar-refractivity contribution in [3.63, 3.8) is 0 Å². The van der Waals surface area contributed by atoms with Crippen LogP contribution in [0.4, 0.5) is 11.4 Å². The van der Waals surface area contributed by atoms with Gasteiger partial charge in [-0.15, -0.1) is 0 Å². The van der Waals surface area contributed by atoms with Crippen molar-refractivity contribution in [2.24, 2.45) is 5.92 Å². The van der Waals surface area contributed by atoms with Crippen LogP contribution < -0.4 is 10.2 Å². The number of carboxylic acids is 1. The molecular formula is C22H23N3O3. The van der Waals surface area contributed by atoms with Crippen molar-refractivity contribution in [3.8, 4) is 0 Å². The highest BCUT2D eigenvalue weighted by molar-refractivity contribution is 6.06. The van der Waals surface area contributed by atoms with Gasteiger partial charge in [0.15, 0.2) is 5.70 Å². The van der Waals surface area contributed by atoms with Crippen LogP contribution >= 0.6 is 0 Å². The summed E-state index contributed by atoms with van der Waals surface area (Å²) in [6.45, 7) is 11.1. The average Bonchev–Trinajstić information content (AvgIpc) is 3.17. The molecule has 1 saturated heterocycles. The molecule has 0 unspecified atom stereocenters. The molecule has 28 heavy (non-hydrogen) atoms. The van der Waals surface area contributed by atoms with Gasteiger partial charge in [0.1, 0.15) is 0 Å². The highest BCUT2D eigenvalue weighted by Gasteiger charge is 2.21. The van der Waals surface area contributed by atoms with Gasteiger partial charge in [-0.05, 0) is 55.0 Å². The van der Waals surface area contributed by atoms with Crippen LogP contribution in [-0.2, 0) is 9.59 Å². The number of carbonyl (C=O) groups is 2. The number of benzene rings is 1. The molecule has 1 aliphatic carbocycles. The van der Waals surface area contributed by atoms with E-state index in [0.717, 1.165) is 43.3 Å². The Hall–Kier alpha value is -3.33. The summed E-state index contributed by atoms with van der Waals surface area (Å²) in [4.78, 5) is 29.1. The number of rotatable bonds is 5. The number of anilines is 2. The molecule has 1 heterocycles. The van der Waals surface area contributed by atoms with E-state index in [9.17, 15) is 9.59 Å². The fraction of sp³-hybridized carbons (Fsp3) is 0.318. The molecule has 6 heteroatoms. The van der Waals surface area contributed by atoms with Crippen LogP contribution in [0.1, 0.15) is 31.7 Å². The van der Waals surface area contributed by atoms with Crippen molar-refractivity contribution in [1.82, 2.24) is 0 Å². The summed E-state index contributed by atoms with van der Waals surface area (Å²) in [7, 11) is 0. The summed E-state index contributed by atoms with van der Waals surface area (Å²) in [6, 6.07) is 5.51. The van der Waals surface area contributed by atoms with E-state index in [-0.39, 0.29) is 5.91 Å². The molecule has 6 nitrogen and oxygen atoms in total. The smallest absolute Gasteiger partial charge is 0.328 e. The van der Waals surface area contributed by atoms with E-state index in [1.165, 1.54) is 0 Å². The zero-order valence-electron chi connectivity index (χ0n) is 15.8. The molecule has 0 aromatic heterocycles. The normalized spacial score (nSPS) is 17.2. The van der Waals surface area contributed by atoms with Crippen LogP contribution in [0.25, 0.3) is 10.9 Å². The molecule has 1 aromatic rings. The Balaban J connectivity index is 1.85. The summed E-state index contributed by atoms with van der Waals surface area (Å²) in [5.41, 5.74) is 3.42. The minimum absolute atomic E-state index is 0.213. The third kappa shape index (κ3) is 4.68. The van der Waals surface area contributed by atoms with Gasteiger partial charge in [0, 0.05) is 24.7 Å². The van der Waals surface area contributed by atoms with Crippen molar-refractivity contribution >= 4 is 29.3 Å². The second-order valence-electron chi connectivity index (χ2n) is 7.19. The number of amides is 1. The first kappa shape index (κ1) is 19.4. The number of hydrogen-bond donors (Lipinski definition) is 2. The molecule has 0 bridgehead atoms. The molecule has 0 saturated carbocycles. The minimum Gasteiger partial charge on any atom is -0.478 e. The Labute approximate surface area is 164 Å². The van der Waals surface area contributed by atoms with Crippen LogP contribution in [-0.4, -0.2) is 30.1 Å². The molecule has 1 aromatic carbocycles. The predicted molar refractivity (Wildman–Crippen MR) is 110 cm³/mol. The standard InChI is InChI=1S/C22H23N3O3/c1-15-9-11-25(12-10-15)20-13-16(4-8-21(26)27)3-7-19(20)24-22(28)17-5-6-18(14-17)23-2/h3-4,6-8,13-15H,5,9-12H2,1H3,(H,24,28)(H,26,27)/b8-4+. The van der Waals surface area contributed by atoms with Crippen LogP contribution in [0.5, 0.6) is 0 Å². The topological polar surface area (TPSA) is 74.0 Å². The maximum absolute atomic E-state index is 12.6. The Bertz CT molecular complexity index is 913. The quantitative estimate of drug-likeness (QED) is 0.599. The van der Waals surface area contributed by atoms with Crippen LogP contribution in [0.15, 0.2) is 47.7 Å². The number of hydrogen-bond acceptors (Lipinski definition) is 3. The lowest BCUT2D eigenvalue weighted by atomic mass is 9.98. The predicted octanol–water partition coefficient (Wildman–Crippen LogP) is 4.09. The van der Waals surface area contributed by atoms with Gasteiger partial charge >= 0.3 is 5.97 Å². The van der Waals surface area contributed by atoms with E-state index >= 15 is 0 Å². The maximum Gasteiger partial charge on any atom is 0.328 e. The van der Waals surface area contributed by atoms with E-state index in [1.807, 2.05) is 12.1 Å². The zero-order chi connectivity index (χ0) is 20.1. The van der Waals surface area contributed by atoms with Crippen LogP contribution in [0.3, 0.4) is 0 Å². The minimum atomic E-state index is -0.998. The van der Waals surface area contributed by atoms with Gasteiger partial charge in [-0.25, -0.2) is 9.64 Å². The third-order valence-corrected chi connectivity index (χ3v) is 5.09. The van der Waals surface area contributed by atoms with E-state index in [4.69, 9.17) is 11.7 Å². The highest BCUT2D eigenvalue weighted by atomic mass is 16.4. The molecule has 3 rings (SSSR count). The number of nitrogens with zero attached hydrogens (tertiary/aromatic N) is 2. The van der Waals surface area contributed by atoms with Crippen molar-refractivity contribution in [2.45, 2.75) is 26.2 Å². The number of aliphatic carboxylic acids is 1. The Kier molecular flexibility index (Phi) is 5.95. The summed E-state index contributed by atoms with van der Waals surface area (Å²) in [5.74, 6) is -0.538. The SMILES string of the molecule is [C-]#[N+]C1=CCC(C(=O)Nc2ccc(/C=C/C(=O)O)cc2N2CCC(C)CC2)=C1. The number of carboxylic acid groups (broad SMARTS) is 1. The summed E-state index contributed by atoms with van der Waals surface area (Å²) in [5, 5.41) is 11.8. The van der Waals surface area contributed by atoms with E-state index in [2.05, 4.69) is 22.0 Å². The van der Waals surface area contributed by atoms with Gasteiger partial charge in [-0.1, -0.05) is 19.1 Å². The Morgan fingerprint density at radius 1 is 1.32 bits per heavy atom. The lowest BCUT2D eigenvalue weighted by Crippen LogP contribution is -2.33. The lowest BCUT2D eigenvalue weighted by molar-refractivity contribution is -0.131. The van der Waals surface area contributed by atoms with Crippen LogP contribution in [0.2, 0.25) is 0 Å². The molecule has 1 aliphatic heterocycles. The summed E-state index contributed by atoms with van der Waals surface area (Å²) < 4.78 is 0. The molecule has 2 N–H and O–H groups in total. The highest BCUT2D eigenvalue weighted by Crippen LogP contribution is 2.32. The Morgan fingerprint density at radius 3 is 2.71 bits per heavy atom. The fourth-order valence-electron chi connectivity index (χ4n) is 3.39. The molecule has 1 fully saturated rings. The van der Waals surface area contributed by atoms with E-state index in [1.54, 1.807) is 24.3 Å². The number of nitrogens with one attached hydrogen (secondary N) is 1. The lowest BCUT2D eigenvalue weighted by Gasteiger charge is -2.33.